The summed E-state index contributed by atoms with van der Waals surface area (Å²) in [5.74, 6) is 1.45. The smallest absolute Gasteiger partial charge is 0.276 e. The molecular formula is C17H20N4O3. The van der Waals surface area contributed by atoms with Crippen LogP contribution in [0, 0.1) is 0 Å². The first kappa shape index (κ1) is 16.1. The molecule has 0 fully saturated rings. The van der Waals surface area contributed by atoms with Gasteiger partial charge in [-0.05, 0) is 24.7 Å². The van der Waals surface area contributed by atoms with Crippen LogP contribution < -0.4 is 20.3 Å². The third-order valence-corrected chi connectivity index (χ3v) is 4.06. The van der Waals surface area contributed by atoms with Gasteiger partial charge in [-0.3, -0.25) is 9.89 Å². The summed E-state index contributed by atoms with van der Waals surface area (Å²) in [5, 5.41) is 10.7. The molecule has 0 atom stereocenters. The molecule has 0 bridgehead atoms. The number of hydrogen-bond acceptors (Lipinski definition) is 5. The average Bonchev–Trinajstić information content (AvgIpc) is 3.08. The lowest BCUT2D eigenvalue weighted by atomic mass is 10.0. The molecule has 0 aliphatic carbocycles. The Hall–Kier alpha value is -2.80. The summed E-state index contributed by atoms with van der Waals surface area (Å²) in [6.07, 6.45) is 3.46. The molecule has 24 heavy (non-hydrogen) atoms. The van der Waals surface area contributed by atoms with Crippen molar-refractivity contribution in [1.82, 2.24) is 20.1 Å². The fourth-order valence-corrected chi connectivity index (χ4v) is 2.87. The second-order valence-corrected chi connectivity index (χ2v) is 5.51. The highest BCUT2D eigenvalue weighted by molar-refractivity contribution is 5.94. The van der Waals surface area contributed by atoms with Gasteiger partial charge >= 0.3 is 0 Å². The molecule has 2 heterocycles. The van der Waals surface area contributed by atoms with Gasteiger partial charge < -0.3 is 19.4 Å². The number of ether oxygens (including phenoxy) is 2. The predicted molar refractivity (Wildman–Crippen MR) is 92.6 cm³/mol. The molecule has 0 amide bonds. The van der Waals surface area contributed by atoms with Gasteiger partial charge in [0.05, 0.1) is 20.4 Å². The molecule has 0 saturated heterocycles. The van der Waals surface area contributed by atoms with Crippen LogP contribution in [0.4, 0.5) is 0 Å². The normalized spacial score (nSPS) is 11.0. The molecule has 3 rings (SSSR count). The maximum absolute atomic E-state index is 12.2. The fraction of sp³-hybridized carbons (Fsp3) is 0.294. The molecule has 0 aliphatic rings. The third kappa shape index (κ3) is 2.52. The molecule has 1 aromatic carbocycles. The summed E-state index contributed by atoms with van der Waals surface area (Å²) < 4.78 is 12.6. The number of benzene rings is 1. The fourth-order valence-electron chi connectivity index (χ4n) is 2.87. The maximum Gasteiger partial charge on any atom is 0.276 e. The zero-order valence-electron chi connectivity index (χ0n) is 14.1. The second-order valence-electron chi connectivity index (χ2n) is 5.51. The van der Waals surface area contributed by atoms with Crippen molar-refractivity contribution in [3.8, 4) is 22.6 Å². The number of hydrogen-bond donors (Lipinski definition) is 2. The monoisotopic (exact) mass is 328 g/mol. The molecule has 0 saturated carbocycles. The van der Waals surface area contributed by atoms with E-state index in [1.54, 1.807) is 33.7 Å². The van der Waals surface area contributed by atoms with Crippen molar-refractivity contribution in [2.24, 2.45) is 7.05 Å². The zero-order chi connectivity index (χ0) is 17.3. The number of aryl methyl sites for hydroxylation is 1. The first-order chi connectivity index (χ1) is 11.6. The van der Waals surface area contributed by atoms with E-state index in [0.29, 0.717) is 12.1 Å². The molecule has 0 radical (unpaired) electrons. The number of aromatic amines is 1. The minimum Gasteiger partial charge on any atom is -0.496 e. The molecule has 3 aromatic rings. The molecule has 0 aliphatic heterocycles. The van der Waals surface area contributed by atoms with E-state index in [4.69, 9.17) is 9.47 Å². The summed E-state index contributed by atoms with van der Waals surface area (Å²) in [6, 6.07) is 3.89. The van der Waals surface area contributed by atoms with Gasteiger partial charge in [0.15, 0.2) is 0 Å². The number of nitrogens with one attached hydrogen (secondary N) is 2. The molecule has 126 valence electrons. The minimum absolute atomic E-state index is 0.114. The number of methoxy groups -OCH3 is 2. The first-order valence-electron chi connectivity index (χ1n) is 7.53. The summed E-state index contributed by atoms with van der Waals surface area (Å²) in [5.41, 5.74) is 3.09. The molecule has 2 N–H and O–H groups in total. The Morgan fingerprint density at radius 3 is 2.50 bits per heavy atom. The van der Waals surface area contributed by atoms with E-state index in [1.165, 1.54) is 4.57 Å². The van der Waals surface area contributed by atoms with Gasteiger partial charge in [0, 0.05) is 36.3 Å². The highest BCUT2D eigenvalue weighted by Crippen LogP contribution is 2.36. The Morgan fingerprint density at radius 1 is 1.25 bits per heavy atom. The number of H-pyrrole nitrogens is 1. The van der Waals surface area contributed by atoms with Gasteiger partial charge in [0.1, 0.15) is 17.0 Å². The molecule has 7 heteroatoms. The lowest BCUT2D eigenvalue weighted by Gasteiger charge is -2.16. The van der Waals surface area contributed by atoms with Gasteiger partial charge in [-0.25, -0.2) is 0 Å². The van der Waals surface area contributed by atoms with Crippen molar-refractivity contribution in [2.75, 3.05) is 21.3 Å². The van der Waals surface area contributed by atoms with Crippen LogP contribution in [-0.4, -0.2) is 36.0 Å². The lowest BCUT2D eigenvalue weighted by molar-refractivity contribution is 0.384. The van der Waals surface area contributed by atoms with Crippen LogP contribution in [0.2, 0.25) is 0 Å². The second kappa shape index (κ2) is 6.37. The first-order valence-corrected chi connectivity index (χ1v) is 7.53. The van der Waals surface area contributed by atoms with Gasteiger partial charge in [0.2, 0.25) is 0 Å². The maximum atomic E-state index is 12.2. The van der Waals surface area contributed by atoms with E-state index in [9.17, 15) is 4.79 Å². The van der Waals surface area contributed by atoms with E-state index in [1.807, 2.05) is 19.2 Å². The topological polar surface area (TPSA) is 81.2 Å². The van der Waals surface area contributed by atoms with Crippen LogP contribution in [-0.2, 0) is 13.6 Å². The number of pyridine rings is 1. The summed E-state index contributed by atoms with van der Waals surface area (Å²) in [6.45, 7) is 0.626. The molecule has 0 spiro atoms. The Bertz CT molecular complexity index is 918. The van der Waals surface area contributed by atoms with E-state index >= 15 is 0 Å². The standard InChI is InChI=1S/C17H20N4O3/c1-18-7-12-14(23-3)5-10(6-15(12)24-4)13-9-21(2)17(22)16-11(13)8-19-20-16/h5-6,8-9,18H,7H2,1-4H3,(H,19,20). The third-order valence-electron chi connectivity index (χ3n) is 4.06. The largest absolute Gasteiger partial charge is 0.496 e. The summed E-state index contributed by atoms with van der Waals surface area (Å²) in [7, 11) is 6.85. The zero-order valence-corrected chi connectivity index (χ0v) is 14.1. The average molecular weight is 328 g/mol. The summed E-state index contributed by atoms with van der Waals surface area (Å²) >= 11 is 0. The van der Waals surface area contributed by atoms with Gasteiger partial charge in [-0.2, -0.15) is 5.10 Å². The SMILES string of the molecule is CNCc1c(OC)cc(-c2cn(C)c(=O)c3[nH]ncc23)cc1OC. The van der Waals surface area contributed by atoms with Crippen molar-refractivity contribution in [3.63, 3.8) is 0 Å². The van der Waals surface area contributed by atoms with Gasteiger partial charge in [-0.1, -0.05) is 0 Å². The van der Waals surface area contributed by atoms with E-state index in [-0.39, 0.29) is 5.56 Å². The predicted octanol–water partition coefficient (Wildman–Crippen LogP) is 1.67. The van der Waals surface area contributed by atoms with Gasteiger partial charge in [0.25, 0.3) is 5.56 Å². The Morgan fingerprint density at radius 2 is 1.92 bits per heavy atom. The quantitative estimate of drug-likeness (QED) is 0.744. The van der Waals surface area contributed by atoms with Crippen molar-refractivity contribution in [2.45, 2.75) is 6.54 Å². The van der Waals surface area contributed by atoms with Crippen molar-refractivity contribution < 1.29 is 9.47 Å². The lowest BCUT2D eigenvalue weighted by Crippen LogP contribution is -2.16. The number of nitrogens with zero attached hydrogens (tertiary/aromatic N) is 2. The Balaban J connectivity index is 2.29. The molecule has 0 unspecified atom stereocenters. The molecular weight excluding hydrogens is 308 g/mol. The van der Waals surface area contributed by atoms with Crippen LogP contribution in [0.1, 0.15) is 5.56 Å². The molecule has 7 nitrogen and oxygen atoms in total. The van der Waals surface area contributed by atoms with Crippen LogP contribution in [0.15, 0.2) is 29.3 Å². The van der Waals surface area contributed by atoms with Crippen molar-refractivity contribution >= 4 is 10.9 Å². The Labute approximate surface area is 139 Å². The van der Waals surface area contributed by atoms with Crippen LogP contribution >= 0.6 is 0 Å². The van der Waals surface area contributed by atoms with E-state index in [2.05, 4.69) is 15.5 Å². The summed E-state index contributed by atoms with van der Waals surface area (Å²) in [4.78, 5) is 12.2. The van der Waals surface area contributed by atoms with E-state index in [0.717, 1.165) is 33.6 Å². The van der Waals surface area contributed by atoms with Crippen molar-refractivity contribution in [1.29, 1.82) is 0 Å². The molecule has 2 aromatic heterocycles. The van der Waals surface area contributed by atoms with Crippen LogP contribution in [0.25, 0.3) is 22.0 Å². The number of rotatable bonds is 5. The number of fused-ring (bicyclic) bond motifs is 1. The van der Waals surface area contributed by atoms with Crippen molar-refractivity contribution in [3.05, 3.63) is 40.4 Å². The van der Waals surface area contributed by atoms with E-state index < -0.39 is 0 Å². The minimum atomic E-state index is -0.114. The Kier molecular flexibility index (Phi) is 4.26. The van der Waals surface area contributed by atoms with Gasteiger partial charge in [-0.15, -0.1) is 0 Å². The highest BCUT2D eigenvalue weighted by Gasteiger charge is 2.16. The highest BCUT2D eigenvalue weighted by atomic mass is 16.5. The van der Waals surface area contributed by atoms with Crippen LogP contribution in [0.5, 0.6) is 11.5 Å². The van der Waals surface area contributed by atoms with Crippen LogP contribution in [0.3, 0.4) is 0 Å². The number of aromatic nitrogens is 3.